The Kier molecular flexibility index (Phi) is 13.1. The molecule has 0 spiro atoms. The smallest absolute Gasteiger partial charge is 0.0498 e. The van der Waals surface area contributed by atoms with Crippen molar-refractivity contribution in [3.63, 3.8) is 0 Å². The Morgan fingerprint density at radius 1 is 0.191 bits per heavy atom. The molecule has 0 heteroatoms. The first-order valence-electron chi connectivity index (χ1n) is 23.6. The monoisotopic (exact) mass is 872 g/mol. The van der Waals surface area contributed by atoms with Crippen LogP contribution in [0.4, 0.5) is 0 Å². The van der Waals surface area contributed by atoms with E-state index in [-0.39, 0.29) is 0 Å². The van der Waals surface area contributed by atoms with Crippen molar-refractivity contribution in [2.75, 3.05) is 0 Å². The second-order valence-corrected chi connectivity index (χ2v) is 18.0. The number of hydrogen-bond donors (Lipinski definition) is 0. The third kappa shape index (κ3) is 9.03. The van der Waals surface area contributed by atoms with E-state index in [2.05, 4.69) is 272 Å². The lowest BCUT2D eigenvalue weighted by atomic mass is 9.73. The molecule has 0 saturated heterocycles. The molecule has 0 amide bonds. The summed E-state index contributed by atoms with van der Waals surface area (Å²) in [5.41, 5.74) is 43.0. The molecule has 1 aliphatic carbocycles. The Labute approximate surface area is 404 Å². The lowest BCUT2D eigenvalue weighted by molar-refractivity contribution is 1.25. The van der Waals surface area contributed by atoms with Crippen LogP contribution in [0.1, 0.15) is 89.0 Å². The van der Waals surface area contributed by atoms with Crippen molar-refractivity contribution in [2.24, 2.45) is 0 Å². The van der Waals surface area contributed by atoms with E-state index in [9.17, 15) is 0 Å². The summed E-state index contributed by atoms with van der Waals surface area (Å²) in [5, 5.41) is 0. The predicted molar refractivity (Wildman–Crippen MR) is 288 cm³/mol. The SMILES string of the molecule is Cc1ccccc1C(=C=C1C(=C=C(c2ccccc2C)c2ccccc2C)C(=C=C(c2ccccc2C)c2ccccc2C)C1=C=C(c1ccccc1C)c1ccccc1C)c1ccccc1C. The van der Waals surface area contributed by atoms with Gasteiger partial charge < -0.3 is 0 Å². The molecule has 9 rings (SSSR count). The minimum absolute atomic E-state index is 0.933. The summed E-state index contributed by atoms with van der Waals surface area (Å²) in [5.74, 6) is 0. The van der Waals surface area contributed by atoms with Gasteiger partial charge in [-0.2, -0.15) is 0 Å². The van der Waals surface area contributed by atoms with Crippen LogP contribution in [0, 0.1) is 55.4 Å². The Morgan fingerprint density at radius 2 is 0.309 bits per heavy atom. The molecule has 1 aliphatic rings. The molecule has 0 heterocycles. The maximum atomic E-state index is 4.19. The molecule has 0 bridgehead atoms. The summed E-state index contributed by atoms with van der Waals surface area (Å²) < 4.78 is 0. The van der Waals surface area contributed by atoms with Gasteiger partial charge in [0.1, 0.15) is 0 Å². The van der Waals surface area contributed by atoms with E-state index in [1.807, 2.05) is 0 Å². The zero-order chi connectivity index (χ0) is 47.3. The number of hydrogen-bond acceptors (Lipinski definition) is 0. The van der Waals surface area contributed by atoms with Crippen molar-refractivity contribution in [3.8, 4) is 0 Å². The van der Waals surface area contributed by atoms with E-state index in [1.165, 1.54) is 44.5 Å². The van der Waals surface area contributed by atoms with Gasteiger partial charge in [-0.25, -0.2) is 0 Å². The normalized spacial score (nSPS) is 11.8. The molecule has 0 nitrogen and oxygen atoms in total. The molecular weight excluding hydrogens is 817 g/mol. The minimum atomic E-state index is 0.933. The van der Waals surface area contributed by atoms with Crippen LogP contribution in [0.5, 0.6) is 0 Å². The first-order chi connectivity index (χ1) is 33.1. The third-order valence-corrected chi connectivity index (χ3v) is 13.3. The second-order valence-electron chi connectivity index (χ2n) is 18.0. The van der Waals surface area contributed by atoms with Gasteiger partial charge in [0.15, 0.2) is 0 Å². The largest absolute Gasteiger partial charge is 0.101 e. The van der Waals surface area contributed by atoms with E-state index >= 15 is 0 Å². The van der Waals surface area contributed by atoms with E-state index in [0.717, 1.165) is 89.1 Å². The molecule has 328 valence electrons. The van der Waals surface area contributed by atoms with Crippen LogP contribution >= 0.6 is 0 Å². The Hall–Kier alpha value is -8.16. The number of benzene rings is 8. The van der Waals surface area contributed by atoms with Crippen molar-refractivity contribution >= 4 is 22.3 Å². The van der Waals surface area contributed by atoms with Gasteiger partial charge in [-0.3, -0.25) is 0 Å². The first kappa shape index (κ1) is 45.0. The Morgan fingerprint density at radius 3 is 0.426 bits per heavy atom. The van der Waals surface area contributed by atoms with Crippen LogP contribution in [-0.4, -0.2) is 0 Å². The lowest BCUT2D eigenvalue weighted by Crippen LogP contribution is -2.12. The molecule has 68 heavy (non-hydrogen) atoms. The van der Waals surface area contributed by atoms with E-state index in [0.29, 0.717) is 0 Å². The number of aryl methyl sites for hydroxylation is 8. The van der Waals surface area contributed by atoms with E-state index < -0.39 is 0 Å². The predicted octanol–water partition coefficient (Wildman–Crippen LogP) is 17.1. The van der Waals surface area contributed by atoms with E-state index in [1.54, 1.807) is 0 Å². The summed E-state index contributed by atoms with van der Waals surface area (Å²) in [6, 6.07) is 69.4. The van der Waals surface area contributed by atoms with Crippen LogP contribution in [0.3, 0.4) is 0 Å². The topological polar surface area (TPSA) is 0 Å². The van der Waals surface area contributed by atoms with Crippen molar-refractivity contribution in [3.05, 3.63) is 328 Å². The highest BCUT2D eigenvalue weighted by molar-refractivity contribution is 5.94. The van der Waals surface area contributed by atoms with Crippen LogP contribution < -0.4 is 0 Å². The first-order valence-corrected chi connectivity index (χ1v) is 23.6. The van der Waals surface area contributed by atoms with Crippen LogP contribution in [0.15, 0.2) is 239 Å². The molecule has 0 aliphatic heterocycles. The molecule has 0 atom stereocenters. The van der Waals surface area contributed by atoms with Gasteiger partial charge in [-0.1, -0.05) is 194 Å². The Balaban J connectivity index is 1.62. The van der Waals surface area contributed by atoms with Crippen LogP contribution in [0.2, 0.25) is 0 Å². The van der Waals surface area contributed by atoms with Gasteiger partial charge in [-0.15, -0.1) is 22.9 Å². The molecule has 0 unspecified atom stereocenters. The average molecular weight is 873 g/mol. The Bertz CT molecular complexity index is 2880. The average Bonchev–Trinajstić information content (AvgIpc) is 3.34. The highest BCUT2D eigenvalue weighted by atomic mass is 14.3. The summed E-state index contributed by atoms with van der Waals surface area (Å²) in [6.45, 7) is 17.6. The van der Waals surface area contributed by atoms with Crippen molar-refractivity contribution in [1.29, 1.82) is 0 Å². The molecule has 0 aromatic heterocycles. The number of allylic oxidation sites excluding steroid dienone is 4. The molecule has 0 N–H and O–H groups in total. The van der Waals surface area contributed by atoms with Gasteiger partial charge in [0.25, 0.3) is 0 Å². The van der Waals surface area contributed by atoms with Crippen LogP contribution in [-0.2, 0) is 0 Å². The summed E-state index contributed by atoms with van der Waals surface area (Å²) in [7, 11) is 0. The van der Waals surface area contributed by atoms with Crippen molar-refractivity contribution < 1.29 is 0 Å². The zero-order valence-corrected chi connectivity index (χ0v) is 40.5. The quantitative estimate of drug-likeness (QED) is 0.133. The number of rotatable bonds is 8. The molecular formula is C68H56. The maximum Gasteiger partial charge on any atom is 0.0498 e. The van der Waals surface area contributed by atoms with E-state index in [4.69, 9.17) is 0 Å². The molecule has 1 saturated carbocycles. The van der Waals surface area contributed by atoms with Gasteiger partial charge in [0.2, 0.25) is 0 Å². The van der Waals surface area contributed by atoms with Gasteiger partial charge in [-0.05, 0) is 144 Å². The molecule has 1 fully saturated rings. The fourth-order valence-corrected chi connectivity index (χ4v) is 9.38. The zero-order valence-electron chi connectivity index (χ0n) is 40.5. The molecule has 8 aromatic rings. The highest BCUT2D eigenvalue weighted by Crippen LogP contribution is 2.47. The molecule has 0 radical (unpaired) electrons. The minimum Gasteiger partial charge on any atom is -0.101 e. The summed E-state index contributed by atoms with van der Waals surface area (Å²) in [6.07, 6.45) is 0. The highest BCUT2D eigenvalue weighted by Gasteiger charge is 2.33. The van der Waals surface area contributed by atoms with Crippen LogP contribution in [0.25, 0.3) is 22.3 Å². The fraction of sp³-hybridized carbons (Fsp3) is 0.118. The standard InChI is InChI=1S/C68H56/c1-45-25-9-17-33-53(45)61(54-34-18-10-26-46(54)2)41-65-66(42-62(55-35-19-11-27-47(55)3)56-36-20-12-28-48(56)4)68(44-64(59-39-23-15-31-51(59)7)60-40-24-16-32-52(60)8)67(65)43-63(57-37-21-13-29-49(57)5)58-38-22-14-30-50(58)6/h9-40H,1-8H3. The summed E-state index contributed by atoms with van der Waals surface area (Å²) >= 11 is 0. The lowest BCUT2D eigenvalue weighted by Gasteiger charge is -2.26. The van der Waals surface area contributed by atoms with Crippen molar-refractivity contribution in [1.82, 2.24) is 0 Å². The summed E-state index contributed by atoms with van der Waals surface area (Å²) in [4.78, 5) is 0. The third-order valence-electron chi connectivity index (χ3n) is 13.3. The van der Waals surface area contributed by atoms with Gasteiger partial charge >= 0.3 is 0 Å². The van der Waals surface area contributed by atoms with Crippen molar-refractivity contribution in [2.45, 2.75) is 55.4 Å². The second kappa shape index (κ2) is 19.7. The fourth-order valence-electron chi connectivity index (χ4n) is 9.38. The maximum absolute atomic E-state index is 4.19. The molecule has 8 aromatic carbocycles. The van der Waals surface area contributed by atoms with Gasteiger partial charge in [0.05, 0.1) is 0 Å². The van der Waals surface area contributed by atoms with Gasteiger partial charge in [0, 0.05) is 44.6 Å².